The molecule has 2 nitrogen and oxygen atoms in total. The largest absolute Gasteiger partial charge is 0.367 e. The third-order valence-electron chi connectivity index (χ3n) is 3.21. The second kappa shape index (κ2) is 5.87. The number of anilines is 1. The monoisotopic (exact) mass is 324 g/mol. The van der Waals surface area contributed by atoms with E-state index in [4.69, 9.17) is 5.73 Å². The van der Waals surface area contributed by atoms with Gasteiger partial charge in [-0.1, -0.05) is 28.1 Å². The first-order valence-electron chi connectivity index (χ1n) is 5.89. The summed E-state index contributed by atoms with van der Waals surface area (Å²) in [5.74, 6) is 0. The van der Waals surface area contributed by atoms with E-state index in [1.807, 2.05) is 6.07 Å². The Balaban J connectivity index is 2.34. The number of benzene rings is 1. The number of rotatable bonds is 4. The molecule has 2 N–H and O–H groups in total. The lowest BCUT2D eigenvalue weighted by atomic mass is 10.1. The van der Waals surface area contributed by atoms with Crippen LogP contribution in [0.2, 0.25) is 0 Å². The zero-order chi connectivity index (χ0) is 13.1. The summed E-state index contributed by atoms with van der Waals surface area (Å²) < 4.78 is 1.08. The molecule has 1 unspecified atom stereocenters. The van der Waals surface area contributed by atoms with Gasteiger partial charge in [0, 0.05) is 34.2 Å². The molecule has 0 aliphatic carbocycles. The average molecular weight is 325 g/mol. The lowest BCUT2D eigenvalue weighted by Crippen LogP contribution is -2.22. The molecule has 0 fully saturated rings. The minimum atomic E-state index is 0.351. The van der Waals surface area contributed by atoms with Crippen molar-refractivity contribution in [3.63, 3.8) is 0 Å². The lowest BCUT2D eigenvalue weighted by Gasteiger charge is -2.28. The first kappa shape index (κ1) is 13.6. The van der Waals surface area contributed by atoms with Gasteiger partial charge in [0.1, 0.15) is 0 Å². The second-order valence-electron chi connectivity index (χ2n) is 4.24. The van der Waals surface area contributed by atoms with Crippen LogP contribution in [-0.4, -0.2) is 7.05 Å². The maximum Gasteiger partial charge on any atom is 0.0603 e. The van der Waals surface area contributed by atoms with E-state index in [-0.39, 0.29) is 0 Å². The Labute approximate surface area is 121 Å². The van der Waals surface area contributed by atoms with Gasteiger partial charge in [-0.25, -0.2) is 0 Å². The van der Waals surface area contributed by atoms with Crippen molar-refractivity contribution in [3.05, 3.63) is 50.6 Å². The van der Waals surface area contributed by atoms with E-state index in [0.717, 1.165) is 10.0 Å². The van der Waals surface area contributed by atoms with Crippen molar-refractivity contribution in [2.75, 3.05) is 11.9 Å². The van der Waals surface area contributed by atoms with Crippen molar-refractivity contribution in [1.82, 2.24) is 0 Å². The Hall–Kier alpha value is -0.840. The second-order valence-corrected chi connectivity index (χ2v) is 6.08. The molecule has 0 saturated carbocycles. The molecule has 2 rings (SSSR count). The SMILES string of the molecule is CC(c1cccs1)N(C)c1cccc(Br)c1CN. The Bertz CT molecular complexity index is 511. The molecular weight excluding hydrogens is 308 g/mol. The Morgan fingerprint density at radius 1 is 1.33 bits per heavy atom. The highest BCUT2D eigenvalue weighted by Gasteiger charge is 2.16. The van der Waals surface area contributed by atoms with Crippen LogP contribution in [0, 0.1) is 0 Å². The van der Waals surface area contributed by atoms with Crippen molar-refractivity contribution in [2.45, 2.75) is 19.5 Å². The van der Waals surface area contributed by atoms with Crippen LogP contribution < -0.4 is 10.6 Å². The summed E-state index contributed by atoms with van der Waals surface area (Å²) in [5, 5.41) is 2.12. The topological polar surface area (TPSA) is 29.3 Å². The van der Waals surface area contributed by atoms with Crippen LogP contribution in [0.3, 0.4) is 0 Å². The molecule has 1 aromatic heterocycles. The van der Waals surface area contributed by atoms with Crippen LogP contribution in [0.15, 0.2) is 40.2 Å². The molecule has 0 aliphatic rings. The third kappa shape index (κ3) is 2.60. The number of hydrogen-bond donors (Lipinski definition) is 1. The van der Waals surface area contributed by atoms with E-state index < -0.39 is 0 Å². The van der Waals surface area contributed by atoms with Crippen LogP contribution in [0.25, 0.3) is 0 Å². The Kier molecular flexibility index (Phi) is 4.43. The highest BCUT2D eigenvalue weighted by Crippen LogP contribution is 2.33. The van der Waals surface area contributed by atoms with E-state index in [9.17, 15) is 0 Å². The molecule has 1 heterocycles. The maximum atomic E-state index is 5.85. The molecular formula is C14H17BrN2S. The fourth-order valence-corrected chi connectivity index (χ4v) is 3.35. The van der Waals surface area contributed by atoms with E-state index >= 15 is 0 Å². The van der Waals surface area contributed by atoms with Gasteiger partial charge < -0.3 is 10.6 Å². The predicted octanol–water partition coefficient (Wildman–Crippen LogP) is 4.17. The Morgan fingerprint density at radius 2 is 2.11 bits per heavy atom. The van der Waals surface area contributed by atoms with Gasteiger partial charge in [-0.2, -0.15) is 0 Å². The number of nitrogens with two attached hydrogens (primary N) is 1. The average Bonchev–Trinajstić information content (AvgIpc) is 2.90. The molecule has 18 heavy (non-hydrogen) atoms. The van der Waals surface area contributed by atoms with Gasteiger partial charge in [-0.3, -0.25) is 0 Å². The molecule has 0 amide bonds. The summed E-state index contributed by atoms with van der Waals surface area (Å²) in [6.07, 6.45) is 0. The lowest BCUT2D eigenvalue weighted by molar-refractivity contribution is 0.748. The summed E-state index contributed by atoms with van der Waals surface area (Å²) in [7, 11) is 2.12. The molecule has 0 radical (unpaired) electrons. The predicted molar refractivity (Wildman–Crippen MR) is 83.2 cm³/mol. The first-order valence-corrected chi connectivity index (χ1v) is 7.56. The van der Waals surface area contributed by atoms with Crippen LogP contribution in [0.1, 0.15) is 23.4 Å². The Morgan fingerprint density at radius 3 is 2.72 bits per heavy atom. The summed E-state index contributed by atoms with van der Waals surface area (Å²) in [6.45, 7) is 2.76. The number of nitrogens with zero attached hydrogens (tertiary/aromatic N) is 1. The minimum Gasteiger partial charge on any atom is -0.367 e. The van der Waals surface area contributed by atoms with Crippen LogP contribution in [0.5, 0.6) is 0 Å². The third-order valence-corrected chi connectivity index (χ3v) is 5.00. The first-order chi connectivity index (χ1) is 8.65. The molecule has 4 heteroatoms. The van der Waals surface area contributed by atoms with Crippen molar-refractivity contribution >= 4 is 33.0 Å². The molecule has 0 aliphatic heterocycles. The van der Waals surface area contributed by atoms with Gasteiger partial charge >= 0.3 is 0 Å². The van der Waals surface area contributed by atoms with E-state index in [2.05, 4.69) is 64.4 Å². The normalized spacial score (nSPS) is 12.4. The summed E-state index contributed by atoms with van der Waals surface area (Å²) in [6, 6.07) is 10.8. The minimum absolute atomic E-state index is 0.351. The summed E-state index contributed by atoms with van der Waals surface area (Å²) >= 11 is 5.36. The van der Waals surface area contributed by atoms with Gasteiger partial charge in [0.2, 0.25) is 0 Å². The molecule has 0 saturated heterocycles. The van der Waals surface area contributed by atoms with Crippen molar-refractivity contribution in [1.29, 1.82) is 0 Å². The number of hydrogen-bond acceptors (Lipinski definition) is 3. The summed E-state index contributed by atoms with van der Waals surface area (Å²) in [4.78, 5) is 3.64. The van der Waals surface area contributed by atoms with E-state index in [1.54, 1.807) is 11.3 Å². The quantitative estimate of drug-likeness (QED) is 0.914. The number of thiophene rings is 1. The van der Waals surface area contributed by atoms with Crippen LogP contribution in [-0.2, 0) is 6.54 Å². The molecule has 1 aromatic carbocycles. The van der Waals surface area contributed by atoms with Crippen LogP contribution >= 0.6 is 27.3 Å². The van der Waals surface area contributed by atoms with Gasteiger partial charge in [-0.15, -0.1) is 11.3 Å². The smallest absolute Gasteiger partial charge is 0.0603 e. The highest BCUT2D eigenvalue weighted by atomic mass is 79.9. The van der Waals surface area contributed by atoms with Crippen molar-refractivity contribution in [2.24, 2.45) is 5.73 Å². The fourth-order valence-electron chi connectivity index (χ4n) is 2.01. The van der Waals surface area contributed by atoms with Crippen LogP contribution in [0.4, 0.5) is 5.69 Å². The molecule has 2 aromatic rings. The maximum absolute atomic E-state index is 5.85. The van der Waals surface area contributed by atoms with Crippen molar-refractivity contribution in [3.8, 4) is 0 Å². The molecule has 0 spiro atoms. The molecule has 1 atom stereocenters. The highest BCUT2D eigenvalue weighted by molar-refractivity contribution is 9.10. The van der Waals surface area contributed by atoms with E-state index in [1.165, 1.54) is 10.6 Å². The number of halogens is 1. The molecule has 96 valence electrons. The van der Waals surface area contributed by atoms with Gasteiger partial charge in [-0.05, 0) is 30.5 Å². The van der Waals surface area contributed by atoms with Crippen molar-refractivity contribution < 1.29 is 0 Å². The standard InChI is InChI=1S/C14H17BrN2S/c1-10(14-7-4-8-18-14)17(2)13-6-3-5-12(15)11(13)9-16/h3-8,10H,9,16H2,1-2H3. The van der Waals surface area contributed by atoms with E-state index in [0.29, 0.717) is 12.6 Å². The summed E-state index contributed by atoms with van der Waals surface area (Å²) in [5.41, 5.74) is 8.20. The zero-order valence-corrected chi connectivity index (χ0v) is 13.0. The fraction of sp³-hybridized carbons (Fsp3) is 0.286. The van der Waals surface area contributed by atoms with Gasteiger partial charge in [0.05, 0.1) is 6.04 Å². The molecule has 0 bridgehead atoms. The van der Waals surface area contributed by atoms with Gasteiger partial charge in [0.15, 0.2) is 0 Å². The van der Waals surface area contributed by atoms with Gasteiger partial charge in [0.25, 0.3) is 0 Å². The zero-order valence-electron chi connectivity index (χ0n) is 10.6.